The van der Waals surface area contributed by atoms with E-state index in [-0.39, 0.29) is 5.91 Å². The van der Waals surface area contributed by atoms with E-state index >= 15 is 0 Å². The topological polar surface area (TPSA) is 56.7 Å². The number of likely N-dealkylation sites (tertiary alicyclic amines) is 1. The van der Waals surface area contributed by atoms with E-state index in [1.165, 1.54) is 38.5 Å². The van der Waals surface area contributed by atoms with Crippen molar-refractivity contribution in [1.82, 2.24) is 15.5 Å². The van der Waals surface area contributed by atoms with Crippen LogP contribution >= 0.6 is 0 Å². The van der Waals surface area contributed by atoms with Gasteiger partial charge >= 0.3 is 0 Å². The summed E-state index contributed by atoms with van der Waals surface area (Å²) in [6.07, 6.45) is 8.21. The molecular formula is C22H34N4O. The zero-order valence-electron chi connectivity index (χ0n) is 16.9. The summed E-state index contributed by atoms with van der Waals surface area (Å²) < 4.78 is 0. The molecule has 1 aromatic rings. The van der Waals surface area contributed by atoms with Crippen LogP contribution in [0.1, 0.15) is 68.3 Å². The molecular weight excluding hydrogens is 336 g/mol. The predicted octanol–water partition coefficient (Wildman–Crippen LogP) is 3.56. The molecule has 2 N–H and O–H groups in total. The molecule has 148 valence electrons. The van der Waals surface area contributed by atoms with Gasteiger partial charge in [0.25, 0.3) is 5.91 Å². The third kappa shape index (κ3) is 5.02. The summed E-state index contributed by atoms with van der Waals surface area (Å²) >= 11 is 0. The molecule has 1 amide bonds. The monoisotopic (exact) mass is 370 g/mol. The highest BCUT2D eigenvalue weighted by Gasteiger charge is 2.39. The molecule has 0 radical (unpaired) electrons. The number of carbonyl (C=O) groups excluding carboxylic acids is 1. The van der Waals surface area contributed by atoms with Gasteiger partial charge in [0.15, 0.2) is 5.96 Å². The van der Waals surface area contributed by atoms with Gasteiger partial charge in [0, 0.05) is 31.7 Å². The Hall–Kier alpha value is -2.04. The molecule has 0 atom stereocenters. The molecule has 3 rings (SSSR count). The second kappa shape index (κ2) is 9.25. The van der Waals surface area contributed by atoms with Gasteiger partial charge in [0.1, 0.15) is 0 Å². The van der Waals surface area contributed by atoms with Crippen LogP contribution in [0.4, 0.5) is 0 Å². The quantitative estimate of drug-likeness (QED) is 0.615. The maximum Gasteiger partial charge on any atom is 0.251 e. The lowest BCUT2D eigenvalue weighted by atomic mass is 9.73. The van der Waals surface area contributed by atoms with Crippen molar-refractivity contribution >= 4 is 11.9 Å². The molecule has 5 nitrogen and oxygen atoms in total. The summed E-state index contributed by atoms with van der Waals surface area (Å²) in [5.41, 5.74) is 2.30. The third-order valence-electron chi connectivity index (χ3n) is 5.92. The number of benzene rings is 1. The number of rotatable bonds is 5. The summed E-state index contributed by atoms with van der Waals surface area (Å²) in [5, 5.41) is 6.33. The Labute approximate surface area is 163 Å². The van der Waals surface area contributed by atoms with E-state index in [1.54, 1.807) is 0 Å². The standard InChI is InChI=1S/C22H34N4O/c1-3-23-20(27)19-10-8-9-18(15-19)16-25-21(24-4-2)26-14-13-22(17-26)11-6-5-7-12-22/h8-10,15H,3-7,11-14,16-17H2,1-2H3,(H,23,27)(H,24,25). The number of hydrogen-bond acceptors (Lipinski definition) is 2. The summed E-state index contributed by atoms with van der Waals surface area (Å²) in [7, 11) is 0. The highest BCUT2D eigenvalue weighted by Crippen LogP contribution is 2.43. The average molecular weight is 371 g/mol. The number of amides is 1. The molecule has 2 aliphatic rings. The Kier molecular flexibility index (Phi) is 6.75. The van der Waals surface area contributed by atoms with Crippen LogP contribution in [-0.2, 0) is 6.54 Å². The number of nitrogens with zero attached hydrogens (tertiary/aromatic N) is 2. The maximum atomic E-state index is 12.1. The summed E-state index contributed by atoms with van der Waals surface area (Å²) in [5.74, 6) is 0.998. The Morgan fingerprint density at radius 1 is 1.11 bits per heavy atom. The first-order valence-electron chi connectivity index (χ1n) is 10.6. The zero-order valence-corrected chi connectivity index (χ0v) is 16.9. The van der Waals surface area contributed by atoms with Crippen LogP contribution < -0.4 is 10.6 Å². The Balaban J connectivity index is 1.67. The smallest absolute Gasteiger partial charge is 0.251 e. The van der Waals surface area contributed by atoms with E-state index in [2.05, 4.69) is 22.5 Å². The number of guanidine groups is 1. The summed E-state index contributed by atoms with van der Waals surface area (Å²) in [6, 6.07) is 7.79. The predicted molar refractivity (Wildman–Crippen MR) is 111 cm³/mol. The molecule has 1 aliphatic heterocycles. The lowest BCUT2D eigenvalue weighted by molar-refractivity contribution is 0.0955. The number of nitrogens with one attached hydrogen (secondary N) is 2. The molecule has 2 fully saturated rings. The highest BCUT2D eigenvalue weighted by atomic mass is 16.1. The van der Waals surface area contributed by atoms with Crippen molar-refractivity contribution < 1.29 is 4.79 Å². The van der Waals surface area contributed by atoms with Crippen LogP contribution in [0.5, 0.6) is 0 Å². The lowest BCUT2D eigenvalue weighted by Gasteiger charge is -2.33. The van der Waals surface area contributed by atoms with Gasteiger partial charge < -0.3 is 15.5 Å². The van der Waals surface area contributed by atoms with Crippen molar-refractivity contribution in [2.75, 3.05) is 26.2 Å². The van der Waals surface area contributed by atoms with Gasteiger partial charge in [0.05, 0.1) is 6.54 Å². The van der Waals surface area contributed by atoms with Gasteiger partial charge in [-0.1, -0.05) is 31.4 Å². The largest absolute Gasteiger partial charge is 0.357 e. The first kappa shape index (κ1) is 19.7. The van der Waals surface area contributed by atoms with E-state index in [4.69, 9.17) is 4.99 Å². The summed E-state index contributed by atoms with van der Waals surface area (Å²) in [4.78, 5) is 19.4. The molecule has 1 saturated carbocycles. The highest BCUT2D eigenvalue weighted by molar-refractivity contribution is 5.94. The molecule has 0 aromatic heterocycles. The van der Waals surface area contributed by atoms with Gasteiger partial charge in [-0.15, -0.1) is 0 Å². The van der Waals surface area contributed by atoms with Crippen molar-refractivity contribution in [3.63, 3.8) is 0 Å². The van der Waals surface area contributed by atoms with Crippen LogP contribution in [0, 0.1) is 5.41 Å². The molecule has 27 heavy (non-hydrogen) atoms. The molecule has 0 bridgehead atoms. The van der Waals surface area contributed by atoms with E-state index in [0.29, 0.717) is 24.1 Å². The van der Waals surface area contributed by atoms with Crippen LogP contribution in [0.25, 0.3) is 0 Å². The molecule has 5 heteroatoms. The Morgan fingerprint density at radius 2 is 1.89 bits per heavy atom. The Morgan fingerprint density at radius 3 is 2.63 bits per heavy atom. The SMILES string of the molecule is CCNC(=O)c1cccc(CN=C(NCC)N2CCC3(CCCCC3)C2)c1. The van der Waals surface area contributed by atoms with E-state index in [0.717, 1.165) is 31.2 Å². The van der Waals surface area contributed by atoms with Gasteiger partial charge in [-0.2, -0.15) is 0 Å². The normalized spacial score (nSPS) is 19.3. The van der Waals surface area contributed by atoms with Crippen LogP contribution in [0.3, 0.4) is 0 Å². The number of hydrogen-bond donors (Lipinski definition) is 2. The minimum Gasteiger partial charge on any atom is -0.357 e. The second-order valence-electron chi connectivity index (χ2n) is 7.96. The van der Waals surface area contributed by atoms with Crippen LogP contribution in [0.2, 0.25) is 0 Å². The second-order valence-corrected chi connectivity index (χ2v) is 7.96. The average Bonchev–Trinajstić information content (AvgIpc) is 3.09. The fourth-order valence-corrected chi connectivity index (χ4v) is 4.49. The van der Waals surface area contributed by atoms with E-state index in [9.17, 15) is 4.79 Å². The number of carbonyl (C=O) groups is 1. The third-order valence-corrected chi connectivity index (χ3v) is 5.92. The fraction of sp³-hybridized carbons (Fsp3) is 0.636. The van der Waals surface area contributed by atoms with Crippen molar-refractivity contribution in [3.8, 4) is 0 Å². The molecule has 0 unspecified atom stereocenters. The molecule has 1 heterocycles. The Bertz CT molecular complexity index is 664. The van der Waals surface area contributed by atoms with Gasteiger partial charge in [0.2, 0.25) is 0 Å². The first-order chi connectivity index (χ1) is 13.2. The van der Waals surface area contributed by atoms with Crippen LogP contribution in [0.15, 0.2) is 29.3 Å². The van der Waals surface area contributed by atoms with Crippen molar-refractivity contribution in [3.05, 3.63) is 35.4 Å². The minimum atomic E-state index is -0.0194. The first-order valence-corrected chi connectivity index (χ1v) is 10.6. The van der Waals surface area contributed by atoms with E-state index < -0.39 is 0 Å². The van der Waals surface area contributed by atoms with Crippen molar-refractivity contribution in [1.29, 1.82) is 0 Å². The molecule has 1 aromatic carbocycles. The zero-order chi connectivity index (χ0) is 19.1. The molecule has 1 spiro atoms. The van der Waals surface area contributed by atoms with Gasteiger partial charge in [-0.3, -0.25) is 4.79 Å². The minimum absolute atomic E-state index is 0.0194. The van der Waals surface area contributed by atoms with Gasteiger partial charge in [-0.25, -0.2) is 4.99 Å². The number of aliphatic imine (C=N–C) groups is 1. The van der Waals surface area contributed by atoms with Crippen molar-refractivity contribution in [2.45, 2.75) is 58.9 Å². The fourth-order valence-electron chi connectivity index (χ4n) is 4.49. The molecule has 1 saturated heterocycles. The lowest BCUT2D eigenvalue weighted by Crippen LogP contribution is -2.41. The van der Waals surface area contributed by atoms with Crippen molar-refractivity contribution in [2.24, 2.45) is 10.4 Å². The van der Waals surface area contributed by atoms with Crippen LogP contribution in [-0.4, -0.2) is 42.9 Å². The van der Waals surface area contributed by atoms with Gasteiger partial charge in [-0.05, 0) is 56.2 Å². The maximum absolute atomic E-state index is 12.1. The van der Waals surface area contributed by atoms with E-state index in [1.807, 2.05) is 31.2 Å². The summed E-state index contributed by atoms with van der Waals surface area (Å²) in [6.45, 7) is 8.41. The molecule has 1 aliphatic carbocycles.